The minimum Gasteiger partial charge on any atom is -0.410 e. The fourth-order valence-electron chi connectivity index (χ4n) is 1.50. The van der Waals surface area contributed by atoms with E-state index in [1.165, 1.54) is 0 Å². The van der Waals surface area contributed by atoms with Crippen molar-refractivity contribution >= 4 is 30.9 Å². The van der Waals surface area contributed by atoms with Gasteiger partial charge in [0.2, 0.25) is 0 Å². The molecule has 0 saturated heterocycles. The average Bonchev–Trinajstić information content (AvgIpc) is 2.60. The largest absolute Gasteiger partial charge is 0.410 e. The van der Waals surface area contributed by atoms with E-state index in [9.17, 15) is 0 Å². The molecule has 0 bridgehead atoms. The van der Waals surface area contributed by atoms with Crippen LogP contribution in [-0.4, -0.2) is 25.1 Å². The van der Waals surface area contributed by atoms with Gasteiger partial charge < -0.3 is 4.43 Å². The van der Waals surface area contributed by atoms with Crippen molar-refractivity contribution in [3.05, 3.63) is 12.2 Å². The lowest BCUT2D eigenvalue weighted by molar-refractivity contribution is 0.00279. The molecule has 1 unspecified atom stereocenters. The topological polar surface area (TPSA) is 30.5 Å². The molecule has 1 aliphatic carbocycles. The zero-order valence-electron chi connectivity index (χ0n) is 11.4. The van der Waals surface area contributed by atoms with Crippen LogP contribution in [0.2, 0.25) is 18.1 Å². The first kappa shape index (κ1) is 15.6. The van der Waals surface area contributed by atoms with E-state index in [-0.39, 0.29) is 17.2 Å². The molecule has 0 spiro atoms. The first-order valence-electron chi connectivity index (χ1n) is 6.07. The van der Waals surface area contributed by atoms with Crippen LogP contribution in [-0.2, 0) is 9.26 Å². The lowest BCUT2D eigenvalue weighted by atomic mass is 10.2. The molecule has 100 valence electrons. The number of hydrogen-bond donors (Lipinski definition) is 1. The van der Waals surface area contributed by atoms with Crippen LogP contribution in [0.4, 0.5) is 0 Å². The van der Waals surface area contributed by atoms with E-state index in [4.69, 9.17) is 9.26 Å². The van der Waals surface area contributed by atoms with Crippen LogP contribution >= 0.6 is 22.6 Å². The highest BCUT2D eigenvalue weighted by Gasteiger charge is 2.39. The van der Waals surface area contributed by atoms with E-state index in [1.807, 2.05) is 0 Å². The van der Waals surface area contributed by atoms with Gasteiger partial charge in [0.15, 0.2) is 8.32 Å². The van der Waals surface area contributed by atoms with Gasteiger partial charge in [-0.25, -0.2) is 0 Å². The van der Waals surface area contributed by atoms with Crippen molar-refractivity contribution in [3.63, 3.8) is 0 Å². The van der Waals surface area contributed by atoms with Crippen LogP contribution in [0, 0.1) is 0 Å². The molecule has 0 radical (unpaired) electrons. The highest BCUT2D eigenvalue weighted by atomic mass is 127. The second-order valence-electron chi connectivity index (χ2n) is 5.97. The molecule has 0 heterocycles. The van der Waals surface area contributed by atoms with Crippen LogP contribution in [0.5, 0.6) is 0 Å². The molecule has 17 heavy (non-hydrogen) atoms. The zero-order valence-corrected chi connectivity index (χ0v) is 14.6. The maximum atomic E-state index is 6.32. The van der Waals surface area contributed by atoms with Crippen LogP contribution in [0.25, 0.3) is 0 Å². The van der Waals surface area contributed by atoms with Crippen molar-refractivity contribution in [2.24, 2.45) is 0 Å². The van der Waals surface area contributed by atoms with Gasteiger partial charge in [-0.3, -0.25) is 4.84 Å². The highest BCUT2D eigenvalue weighted by Crippen LogP contribution is 2.38. The molecule has 0 aromatic rings. The molecule has 0 amide bonds. The first-order chi connectivity index (χ1) is 7.76. The van der Waals surface area contributed by atoms with Gasteiger partial charge in [-0.2, -0.15) is 5.48 Å². The van der Waals surface area contributed by atoms with Crippen LogP contribution in [0.1, 0.15) is 27.2 Å². The smallest absolute Gasteiger partial charge is 0.192 e. The minimum atomic E-state index is -1.66. The van der Waals surface area contributed by atoms with Gasteiger partial charge in [0, 0.05) is 6.42 Å². The molecule has 0 aromatic heterocycles. The second kappa shape index (κ2) is 6.14. The standard InChI is InChI=1S/C12H24INO2Si/c1-12(2,3)17(4,5)16-11-7-6-10(8-11)15-14-9-13/h6-7,10-11,14H,8-9H2,1-5H3/t10-,11?/m1/s1. The molecule has 0 aromatic carbocycles. The zero-order chi connectivity index (χ0) is 13.1. The Labute approximate surface area is 120 Å². The van der Waals surface area contributed by atoms with E-state index in [1.54, 1.807) is 0 Å². The summed E-state index contributed by atoms with van der Waals surface area (Å²) in [7, 11) is -1.66. The Morgan fingerprint density at radius 2 is 1.88 bits per heavy atom. The van der Waals surface area contributed by atoms with Crippen LogP contribution < -0.4 is 5.48 Å². The molecule has 1 rings (SSSR count). The summed E-state index contributed by atoms with van der Waals surface area (Å²) in [5.41, 5.74) is 2.90. The van der Waals surface area contributed by atoms with E-state index in [0.717, 1.165) is 11.0 Å². The molecule has 1 aliphatic rings. The summed E-state index contributed by atoms with van der Waals surface area (Å²) in [6.45, 7) is 11.4. The Hall–Kier alpha value is 0.567. The van der Waals surface area contributed by atoms with Crippen molar-refractivity contribution < 1.29 is 9.26 Å². The summed E-state index contributed by atoms with van der Waals surface area (Å²) >= 11 is 2.23. The maximum absolute atomic E-state index is 6.32. The molecular weight excluding hydrogens is 345 g/mol. The normalized spacial score (nSPS) is 25.5. The number of hydroxylamine groups is 1. The molecule has 2 atom stereocenters. The predicted molar refractivity (Wildman–Crippen MR) is 82.7 cm³/mol. The fourth-order valence-corrected chi connectivity index (χ4v) is 2.97. The van der Waals surface area contributed by atoms with Gasteiger partial charge in [0.25, 0.3) is 0 Å². The van der Waals surface area contributed by atoms with Gasteiger partial charge in [-0.15, -0.1) is 0 Å². The Bertz CT molecular complexity index is 276. The molecule has 3 nitrogen and oxygen atoms in total. The maximum Gasteiger partial charge on any atom is 0.192 e. The lowest BCUT2D eigenvalue weighted by Crippen LogP contribution is -2.43. The van der Waals surface area contributed by atoms with Gasteiger partial charge in [0.1, 0.15) is 0 Å². The Kier molecular flexibility index (Phi) is 5.64. The second-order valence-corrected chi connectivity index (χ2v) is 11.5. The summed E-state index contributed by atoms with van der Waals surface area (Å²) in [6, 6.07) is 0. The van der Waals surface area contributed by atoms with E-state index in [0.29, 0.717) is 0 Å². The Morgan fingerprint density at radius 3 is 2.41 bits per heavy atom. The van der Waals surface area contributed by atoms with Gasteiger partial charge >= 0.3 is 0 Å². The summed E-state index contributed by atoms with van der Waals surface area (Å²) in [4.78, 5) is 5.47. The quantitative estimate of drug-likeness (QED) is 0.201. The Morgan fingerprint density at radius 1 is 1.29 bits per heavy atom. The fraction of sp³-hybridized carbons (Fsp3) is 0.833. The third kappa shape index (κ3) is 4.63. The van der Waals surface area contributed by atoms with Crippen molar-refractivity contribution in [2.45, 2.75) is 57.5 Å². The lowest BCUT2D eigenvalue weighted by Gasteiger charge is -2.38. The van der Waals surface area contributed by atoms with Gasteiger partial charge in [0.05, 0.1) is 16.8 Å². The number of rotatable bonds is 5. The Balaban J connectivity index is 2.43. The van der Waals surface area contributed by atoms with Crippen molar-refractivity contribution in [2.75, 3.05) is 4.55 Å². The third-order valence-electron chi connectivity index (χ3n) is 3.55. The van der Waals surface area contributed by atoms with Crippen molar-refractivity contribution in [1.82, 2.24) is 5.48 Å². The van der Waals surface area contributed by atoms with E-state index >= 15 is 0 Å². The molecule has 0 saturated carbocycles. The SMILES string of the molecule is CC(C)(C)[Si](C)(C)OC1C=C[C@@H](ONCI)C1. The summed E-state index contributed by atoms with van der Waals surface area (Å²) in [6.07, 6.45) is 5.53. The van der Waals surface area contributed by atoms with E-state index < -0.39 is 8.32 Å². The number of halogens is 1. The molecule has 1 N–H and O–H groups in total. The minimum absolute atomic E-state index is 0.152. The number of hydrogen-bond acceptors (Lipinski definition) is 3. The third-order valence-corrected chi connectivity index (χ3v) is 8.36. The molecule has 5 heteroatoms. The molecule has 0 aliphatic heterocycles. The highest BCUT2D eigenvalue weighted by molar-refractivity contribution is 14.1. The number of nitrogens with one attached hydrogen (secondary N) is 1. The molecule has 0 fully saturated rings. The van der Waals surface area contributed by atoms with Gasteiger partial charge in [-0.1, -0.05) is 55.5 Å². The van der Waals surface area contributed by atoms with E-state index in [2.05, 4.69) is 74.1 Å². The predicted octanol–water partition coefficient (Wildman–Crippen LogP) is 3.62. The summed E-state index contributed by atoms with van der Waals surface area (Å²) < 4.78 is 7.12. The summed E-state index contributed by atoms with van der Waals surface area (Å²) in [5, 5.41) is 0.264. The summed E-state index contributed by atoms with van der Waals surface area (Å²) in [5.74, 6) is 0. The molecular formula is C12H24INO2Si. The average molecular weight is 369 g/mol. The van der Waals surface area contributed by atoms with Crippen molar-refractivity contribution in [1.29, 1.82) is 0 Å². The van der Waals surface area contributed by atoms with Crippen molar-refractivity contribution in [3.8, 4) is 0 Å². The first-order valence-corrected chi connectivity index (χ1v) is 10.5. The number of alkyl halides is 1. The van der Waals surface area contributed by atoms with Crippen LogP contribution in [0.3, 0.4) is 0 Å². The van der Waals surface area contributed by atoms with Gasteiger partial charge in [-0.05, 0) is 18.1 Å². The monoisotopic (exact) mass is 369 g/mol. The van der Waals surface area contributed by atoms with Crippen LogP contribution in [0.15, 0.2) is 12.2 Å².